The van der Waals surface area contributed by atoms with Gasteiger partial charge in [0.2, 0.25) is 10.0 Å². The Balaban J connectivity index is 1.85. The smallest absolute Gasteiger partial charge is 0.241 e. The minimum absolute atomic E-state index is 0.366. The Bertz CT molecular complexity index is 778. The largest absolute Gasteiger partial charge is 0.330 e. The van der Waals surface area contributed by atoms with Crippen LogP contribution in [-0.2, 0) is 10.0 Å². The molecule has 0 atom stereocenters. The van der Waals surface area contributed by atoms with Gasteiger partial charge in [-0.05, 0) is 59.5 Å². The molecule has 4 nitrogen and oxygen atoms in total. The highest BCUT2D eigenvalue weighted by Gasteiger charge is 2.17. The van der Waals surface area contributed by atoms with Gasteiger partial charge in [0.1, 0.15) is 0 Å². The summed E-state index contributed by atoms with van der Waals surface area (Å²) >= 11 is 2.24. The lowest BCUT2D eigenvalue weighted by atomic mass is 10.1. The first-order chi connectivity index (χ1) is 12.1. The summed E-state index contributed by atoms with van der Waals surface area (Å²) in [5.41, 5.74) is 5.47. The number of benzene rings is 2. The second-order valence-corrected chi connectivity index (χ2v) is 9.15. The second-order valence-electron chi connectivity index (χ2n) is 6.25. The van der Waals surface area contributed by atoms with E-state index in [1.807, 2.05) is 24.3 Å². The molecule has 0 spiro atoms. The van der Waals surface area contributed by atoms with Crippen molar-refractivity contribution < 1.29 is 8.42 Å². The lowest BCUT2D eigenvalue weighted by Crippen LogP contribution is -2.25. The van der Waals surface area contributed by atoms with Crippen molar-refractivity contribution in [3.8, 4) is 0 Å². The van der Waals surface area contributed by atoms with E-state index in [1.54, 1.807) is 12.1 Å². The molecule has 6 heteroatoms. The molecular weight excluding hydrogens is 447 g/mol. The molecule has 2 aromatic rings. The van der Waals surface area contributed by atoms with Crippen LogP contribution in [-0.4, -0.2) is 21.5 Å². The van der Waals surface area contributed by atoms with Gasteiger partial charge >= 0.3 is 0 Å². The van der Waals surface area contributed by atoms with E-state index in [0.717, 1.165) is 46.6 Å². The Labute approximate surface area is 164 Å². The predicted molar refractivity (Wildman–Crippen MR) is 113 cm³/mol. The van der Waals surface area contributed by atoms with Gasteiger partial charge in [0.25, 0.3) is 0 Å². The fourth-order valence-electron chi connectivity index (χ4n) is 2.91. The van der Waals surface area contributed by atoms with Crippen molar-refractivity contribution in [2.24, 2.45) is 5.73 Å². The minimum atomic E-state index is -3.48. The molecule has 0 fully saturated rings. The number of halogens is 1. The number of nitrogens with two attached hydrogens (primary N) is 1. The van der Waals surface area contributed by atoms with Crippen molar-refractivity contribution in [1.82, 2.24) is 4.72 Å². The Morgan fingerprint density at radius 2 is 1.44 bits per heavy atom. The minimum Gasteiger partial charge on any atom is -0.330 e. The summed E-state index contributed by atoms with van der Waals surface area (Å²) in [5, 5.41) is 1.75. The SMILES string of the molecule is NCCCCCCCCCNS(=O)(=O)c1cccc2c(I)cccc12. The molecule has 3 N–H and O–H groups in total. The monoisotopic (exact) mass is 474 g/mol. The maximum absolute atomic E-state index is 12.6. The highest BCUT2D eigenvalue weighted by molar-refractivity contribution is 14.1. The molecule has 0 unspecified atom stereocenters. The highest BCUT2D eigenvalue weighted by atomic mass is 127. The summed E-state index contributed by atoms with van der Waals surface area (Å²) in [6.07, 6.45) is 7.80. The molecule has 25 heavy (non-hydrogen) atoms. The quantitative estimate of drug-likeness (QED) is 0.374. The number of sulfonamides is 1. The molecule has 0 aromatic heterocycles. The maximum atomic E-state index is 12.6. The van der Waals surface area contributed by atoms with Crippen molar-refractivity contribution in [1.29, 1.82) is 0 Å². The van der Waals surface area contributed by atoms with E-state index in [0.29, 0.717) is 11.4 Å². The number of hydrogen-bond acceptors (Lipinski definition) is 3. The zero-order valence-corrected chi connectivity index (χ0v) is 17.5. The third kappa shape index (κ3) is 6.20. The number of fused-ring (bicyclic) bond motifs is 1. The normalized spacial score (nSPS) is 11.9. The zero-order valence-electron chi connectivity index (χ0n) is 14.5. The van der Waals surface area contributed by atoms with Crippen molar-refractivity contribution in [3.63, 3.8) is 0 Å². The molecule has 0 bridgehead atoms. The van der Waals surface area contributed by atoms with Crippen LogP contribution in [0.15, 0.2) is 41.3 Å². The summed E-state index contributed by atoms with van der Waals surface area (Å²) in [6, 6.07) is 11.2. The molecule has 2 rings (SSSR count). The van der Waals surface area contributed by atoms with Gasteiger partial charge in [0, 0.05) is 15.5 Å². The van der Waals surface area contributed by atoms with Crippen LogP contribution in [0.4, 0.5) is 0 Å². The third-order valence-electron chi connectivity index (χ3n) is 4.29. The predicted octanol–water partition coefficient (Wildman–Crippen LogP) is 4.41. The fraction of sp³-hybridized carbons (Fsp3) is 0.474. The number of hydrogen-bond donors (Lipinski definition) is 2. The number of unbranched alkanes of at least 4 members (excludes halogenated alkanes) is 6. The first-order valence-electron chi connectivity index (χ1n) is 8.93. The van der Waals surface area contributed by atoms with Crippen LogP contribution in [0.2, 0.25) is 0 Å². The van der Waals surface area contributed by atoms with Crippen LogP contribution in [0.25, 0.3) is 10.8 Å². The molecule has 0 heterocycles. The van der Waals surface area contributed by atoms with Crippen molar-refractivity contribution >= 4 is 43.4 Å². The van der Waals surface area contributed by atoms with Crippen molar-refractivity contribution in [2.75, 3.05) is 13.1 Å². The molecule has 138 valence electrons. The van der Waals surface area contributed by atoms with E-state index in [2.05, 4.69) is 27.3 Å². The molecule has 0 saturated heterocycles. The van der Waals surface area contributed by atoms with E-state index < -0.39 is 10.0 Å². The van der Waals surface area contributed by atoms with Gasteiger partial charge in [0.15, 0.2) is 0 Å². The first kappa shape index (κ1) is 20.6. The van der Waals surface area contributed by atoms with Gasteiger partial charge in [-0.25, -0.2) is 13.1 Å². The average Bonchev–Trinajstić information content (AvgIpc) is 2.60. The van der Waals surface area contributed by atoms with E-state index >= 15 is 0 Å². The lowest BCUT2D eigenvalue weighted by Gasteiger charge is -2.10. The Morgan fingerprint density at radius 1 is 0.840 bits per heavy atom. The van der Waals surface area contributed by atoms with Gasteiger partial charge < -0.3 is 5.73 Å². The van der Waals surface area contributed by atoms with Crippen molar-refractivity contribution in [2.45, 2.75) is 49.8 Å². The van der Waals surface area contributed by atoms with Crippen LogP contribution < -0.4 is 10.5 Å². The van der Waals surface area contributed by atoms with Crippen LogP contribution in [0.1, 0.15) is 44.9 Å². The summed E-state index contributed by atoms with van der Waals surface area (Å²) in [4.78, 5) is 0.366. The molecule has 0 aliphatic rings. The zero-order chi connectivity index (χ0) is 18.1. The van der Waals surface area contributed by atoms with Gasteiger partial charge in [-0.2, -0.15) is 0 Å². The molecule has 0 radical (unpaired) electrons. The molecule has 0 saturated carbocycles. The Hall–Kier alpha value is -0.700. The highest BCUT2D eigenvalue weighted by Crippen LogP contribution is 2.26. The van der Waals surface area contributed by atoms with E-state index in [4.69, 9.17) is 5.73 Å². The third-order valence-corrected chi connectivity index (χ3v) is 6.75. The topological polar surface area (TPSA) is 72.2 Å². The Morgan fingerprint density at radius 3 is 2.16 bits per heavy atom. The molecular formula is C19H27IN2O2S. The maximum Gasteiger partial charge on any atom is 0.241 e. The molecule has 2 aromatic carbocycles. The van der Waals surface area contributed by atoms with Crippen LogP contribution in [0.3, 0.4) is 0 Å². The fourth-order valence-corrected chi connectivity index (χ4v) is 4.89. The number of nitrogens with one attached hydrogen (secondary N) is 1. The summed E-state index contributed by atoms with van der Waals surface area (Å²) in [5.74, 6) is 0. The van der Waals surface area contributed by atoms with E-state index in [9.17, 15) is 8.42 Å². The standard InChI is InChI=1S/C19H27IN2O2S/c20-18-12-8-11-17-16(18)10-9-13-19(17)25(23,24)22-15-7-5-3-1-2-4-6-14-21/h8-13,22H,1-7,14-15,21H2. The molecule has 0 amide bonds. The summed E-state index contributed by atoms with van der Waals surface area (Å²) in [7, 11) is -3.48. The van der Waals surface area contributed by atoms with Crippen LogP contribution >= 0.6 is 22.6 Å². The van der Waals surface area contributed by atoms with Gasteiger partial charge in [-0.3, -0.25) is 0 Å². The van der Waals surface area contributed by atoms with E-state index in [-0.39, 0.29) is 0 Å². The lowest BCUT2D eigenvalue weighted by molar-refractivity contribution is 0.562. The van der Waals surface area contributed by atoms with Gasteiger partial charge in [0.05, 0.1) is 4.90 Å². The summed E-state index contributed by atoms with van der Waals surface area (Å²) in [6.45, 7) is 1.26. The van der Waals surface area contributed by atoms with Gasteiger partial charge in [-0.15, -0.1) is 0 Å². The number of rotatable bonds is 11. The first-order valence-corrected chi connectivity index (χ1v) is 11.5. The van der Waals surface area contributed by atoms with Crippen LogP contribution in [0.5, 0.6) is 0 Å². The summed E-state index contributed by atoms with van der Waals surface area (Å²) < 4.78 is 29.1. The average molecular weight is 474 g/mol. The van der Waals surface area contributed by atoms with Crippen LogP contribution in [0, 0.1) is 3.57 Å². The Kier molecular flexibility index (Phi) is 8.61. The molecule has 0 aliphatic carbocycles. The second kappa shape index (κ2) is 10.4. The molecule has 0 aliphatic heterocycles. The van der Waals surface area contributed by atoms with Crippen molar-refractivity contribution in [3.05, 3.63) is 40.0 Å². The van der Waals surface area contributed by atoms with Gasteiger partial charge in [-0.1, -0.05) is 56.4 Å². The van der Waals surface area contributed by atoms with E-state index in [1.165, 1.54) is 19.3 Å².